The van der Waals surface area contributed by atoms with Crippen LogP contribution >= 0.6 is 0 Å². The van der Waals surface area contributed by atoms with Crippen molar-refractivity contribution in [2.75, 3.05) is 13.2 Å². The molecule has 1 rings (SSSR count). The second-order valence-corrected chi connectivity index (χ2v) is 3.16. The molecular formula is C7H15NO3. The van der Waals surface area contributed by atoms with Crippen molar-refractivity contribution in [2.24, 2.45) is 5.92 Å². The zero-order chi connectivity index (χ0) is 8.43. The summed E-state index contributed by atoms with van der Waals surface area (Å²) < 4.78 is 0. The van der Waals surface area contributed by atoms with Crippen molar-refractivity contribution in [2.45, 2.75) is 25.2 Å². The highest BCUT2D eigenvalue weighted by atomic mass is 16.3. The summed E-state index contributed by atoms with van der Waals surface area (Å²) in [5, 5.41) is 30.4. The van der Waals surface area contributed by atoms with Crippen LogP contribution in [0.4, 0.5) is 0 Å². The monoisotopic (exact) mass is 161 g/mol. The molecule has 0 aromatic heterocycles. The molecule has 0 amide bonds. The Bertz CT molecular complexity index is 129. The highest BCUT2D eigenvalue weighted by Crippen LogP contribution is 2.14. The lowest BCUT2D eigenvalue weighted by molar-refractivity contribution is -0.0639. The molecule has 0 aliphatic carbocycles. The number of nitrogens with one attached hydrogen (secondary N) is 1. The van der Waals surface area contributed by atoms with E-state index in [1.54, 1.807) is 0 Å². The molecule has 0 radical (unpaired) electrons. The molecule has 4 atom stereocenters. The predicted octanol–water partition coefficient (Wildman–Crippen LogP) is -1.69. The van der Waals surface area contributed by atoms with E-state index in [0.29, 0.717) is 6.54 Å². The fourth-order valence-electron chi connectivity index (χ4n) is 1.33. The maximum absolute atomic E-state index is 9.35. The molecule has 0 spiro atoms. The van der Waals surface area contributed by atoms with Crippen LogP contribution in [0.1, 0.15) is 6.92 Å². The lowest BCUT2D eigenvalue weighted by atomic mass is 9.91. The van der Waals surface area contributed by atoms with Crippen molar-refractivity contribution in [1.82, 2.24) is 5.32 Å². The summed E-state index contributed by atoms with van der Waals surface area (Å²) in [5.74, 6) is 0.0489. The number of hydrogen-bond acceptors (Lipinski definition) is 4. The molecular weight excluding hydrogens is 146 g/mol. The van der Waals surface area contributed by atoms with Gasteiger partial charge in [-0.1, -0.05) is 6.92 Å². The number of aliphatic hydroxyl groups excluding tert-OH is 3. The van der Waals surface area contributed by atoms with Crippen molar-refractivity contribution >= 4 is 0 Å². The molecule has 1 fully saturated rings. The van der Waals surface area contributed by atoms with Crippen LogP contribution in [0.15, 0.2) is 0 Å². The zero-order valence-electron chi connectivity index (χ0n) is 6.57. The van der Waals surface area contributed by atoms with Crippen LogP contribution in [-0.2, 0) is 0 Å². The largest absolute Gasteiger partial charge is 0.395 e. The van der Waals surface area contributed by atoms with Crippen molar-refractivity contribution in [3.05, 3.63) is 0 Å². The fourth-order valence-corrected chi connectivity index (χ4v) is 1.33. The van der Waals surface area contributed by atoms with Gasteiger partial charge in [0.15, 0.2) is 0 Å². The molecule has 0 aromatic rings. The first-order valence-electron chi connectivity index (χ1n) is 3.87. The molecule has 66 valence electrons. The average molecular weight is 161 g/mol. The third-order valence-electron chi connectivity index (χ3n) is 2.24. The minimum absolute atomic E-state index is 0.0489. The number of rotatable bonds is 1. The lowest BCUT2D eigenvalue weighted by Crippen LogP contribution is -2.57. The minimum Gasteiger partial charge on any atom is -0.395 e. The van der Waals surface area contributed by atoms with Gasteiger partial charge in [-0.15, -0.1) is 0 Å². The quantitative estimate of drug-likeness (QED) is 0.370. The van der Waals surface area contributed by atoms with E-state index in [-0.39, 0.29) is 18.6 Å². The van der Waals surface area contributed by atoms with Crippen LogP contribution in [-0.4, -0.2) is 46.7 Å². The van der Waals surface area contributed by atoms with Crippen LogP contribution < -0.4 is 5.32 Å². The molecule has 4 heteroatoms. The van der Waals surface area contributed by atoms with Crippen molar-refractivity contribution in [3.63, 3.8) is 0 Å². The first-order valence-corrected chi connectivity index (χ1v) is 3.87. The Morgan fingerprint density at radius 2 is 2.00 bits per heavy atom. The van der Waals surface area contributed by atoms with Crippen LogP contribution in [0.25, 0.3) is 0 Å². The van der Waals surface area contributed by atoms with E-state index in [1.165, 1.54) is 0 Å². The Labute approximate surface area is 65.9 Å². The molecule has 4 nitrogen and oxygen atoms in total. The number of hydrogen-bond donors (Lipinski definition) is 4. The average Bonchev–Trinajstić information content (AvgIpc) is 2.01. The Morgan fingerprint density at radius 3 is 2.55 bits per heavy atom. The van der Waals surface area contributed by atoms with Gasteiger partial charge in [-0.3, -0.25) is 0 Å². The molecule has 0 bridgehead atoms. The lowest BCUT2D eigenvalue weighted by Gasteiger charge is -2.35. The third-order valence-corrected chi connectivity index (χ3v) is 2.24. The summed E-state index contributed by atoms with van der Waals surface area (Å²) in [5.41, 5.74) is 0. The molecule has 1 aliphatic rings. The summed E-state index contributed by atoms with van der Waals surface area (Å²) in [4.78, 5) is 0. The third kappa shape index (κ3) is 1.70. The minimum atomic E-state index is -0.844. The Hall–Kier alpha value is -0.160. The number of aliphatic hydroxyl groups is 3. The normalized spacial score (nSPS) is 45.8. The Balaban J connectivity index is 2.52. The first kappa shape index (κ1) is 8.93. The molecule has 1 aliphatic heterocycles. The standard InChI is InChI=1S/C7H15NO3/c1-4-2-8-5(3-9)7(11)6(4)10/h4-11H,2-3H2,1H3/t4-,5+,6-,7?/m0/s1. The van der Waals surface area contributed by atoms with Gasteiger partial charge in [0.25, 0.3) is 0 Å². The van der Waals surface area contributed by atoms with Gasteiger partial charge in [-0.25, -0.2) is 0 Å². The van der Waals surface area contributed by atoms with Gasteiger partial charge in [0.05, 0.1) is 24.9 Å². The maximum Gasteiger partial charge on any atom is 0.0977 e. The van der Waals surface area contributed by atoms with Gasteiger partial charge in [0.1, 0.15) is 0 Å². The van der Waals surface area contributed by atoms with Gasteiger partial charge in [0.2, 0.25) is 0 Å². The summed E-state index contributed by atoms with van der Waals surface area (Å²) in [6.45, 7) is 2.36. The van der Waals surface area contributed by atoms with Gasteiger partial charge in [-0.2, -0.15) is 0 Å². The van der Waals surface area contributed by atoms with Crippen molar-refractivity contribution in [3.8, 4) is 0 Å². The maximum atomic E-state index is 9.35. The van der Waals surface area contributed by atoms with Gasteiger partial charge in [0, 0.05) is 6.54 Å². The second kappa shape index (κ2) is 3.49. The van der Waals surface area contributed by atoms with Gasteiger partial charge >= 0.3 is 0 Å². The van der Waals surface area contributed by atoms with Crippen LogP contribution in [0.5, 0.6) is 0 Å². The summed E-state index contributed by atoms with van der Waals surface area (Å²) in [6, 6.07) is -0.374. The van der Waals surface area contributed by atoms with Gasteiger partial charge < -0.3 is 20.6 Å². The summed E-state index contributed by atoms with van der Waals surface area (Å²) in [7, 11) is 0. The van der Waals surface area contributed by atoms with E-state index in [0.717, 1.165) is 0 Å². The molecule has 1 saturated heterocycles. The Morgan fingerprint density at radius 1 is 1.36 bits per heavy atom. The second-order valence-electron chi connectivity index (χ2n) is 3.16. The van der Waals surface area contributed by atoms with E-state index in [1.807, 2.05) is 6.92 Å². The fraction of sp³-hybridized carbons (Fsp3) is 1.00. The highest BCUT2D eigenvalue weighted by molar-refractivity contribution is 4.89. The van der Waals surface area contributed by atoms with Gasteiger partial charge in [-0.05, 0) is 5.92 Å². The first-order chi connectivity index (χ1) is 5.16. The van der Waals surface area contributed by atoms with Crippen LogP contribution in [0.3, 0.4) is 0 Å². The summed E-state index contributed by atoms with van der Waals surface area (Å²) in [6.07, 6.45) is -1.56. The smallest absolute Gasteiger partial charge is 0.0977 e. The molecule has 11 heavy (non-hydrogen) atoms. The molecule has 0 aromatic carbocycles. The van der Waals surface area contributed by atoms with Crippen molar-refractivity contribution < 1.29 is 15.3 Å². The molecule has 0 saturated carbocycles. The van der Waals surface area contributed by atoms with E-state index in [2.05, 4.69) is 5.32 Å². The predicted molar refractivity (Wildman–Crippen MR) is 40.1 cm³/mol. The van der Waals surface area contributed by atoms with Crippen LogP contribution in [0, 0.1) is 5.92 Å². The SMILES string of the molecule is C[C@H]1CN[C@H](CO)C(O)[C@H]1O. The van der Waals surface area contributed by atoms with E-state index >= 15 is 0 Å². The Kier molecular flexibility index (Phi) is 2.84. The van der Waals surface area contributed by atoms with E-state index in [4.69, 9.17) is 5.11 Å². The number of piperidine rings is 1. The van der Waals surface area contributed by atoms with Crippen LogP contribution in [0.2, 0.25) is 0 Å². The molecule has 1 heterocycles. The van der Waals surface area contributed by atoms with E-state index in [9.17, 15) is 10.2 Å². The topological polar surface area (TPSA) is 72.7 Å². The summed E-state index contributed by atoms with van der Waals surface area (Å²) >= 11 is 0. The highest BCUT2D eigenvalue weighted by Gasteiger charge is 2.34. The van der Waals surface area contributed by atoms with Crippen molar-refractivity contribution in [1.29, 1.82) is 0 Å². The molecule has 1 unspecified atom stereocenters. The molecule has 4 N–H and O–H groups in total. The zero-order valence-corrected chi connectivity index (χ0v) is 6.57. The van der Waals surface area contributed by atoms with E-state index < -0.39 is 12.2 Å².